The molecule has 0 atom stereocenters. The van der Waals surface area contributed by atoms with E-state index in [0.717, 1.165) is 31.2 Å². The lowest BCUT2D eigenvalue weighted by Gasteiger charge is -2.28. The molecule has 0 heterocycles. The maximum atomic E-state index is 11.4. The first-order valence-corrected chi connectivity index (χ1v) is 8.79. The molecule has 20 heavy (non-hydrogen) atoms. The second kappa shape index (κ2) is 5.92. The average Bonchev–Trinajstić information content (AvgIpc) is 2.77. The number of hydrogen-bond donors (Lipinski definition) is 1. The maximum absolute atomic E-state index is 11.4. The molecule has 0 unspecified atom stereocenters. The third kappa shape index (κ3) is 4.11. The lowest BCUT2D eigenvalue weighted by Crippen LogP contribution is -2.36. The number of rotatable bonds is 5. The summed E-state index contributed by atoms with van der Waals surface area (Å²) in [5.41, 5.74) is 0.626. The summed E-state index contributed by atoms with van der Waals surface area (Å²) in [5, 5.41) is 5.83. The first-order valence-electron chi connectivity index (χ1n) is 6.69. The van der Waals surface area contributed by atoms with Crippen molar-refractivity contribution in [1.82, 2.24) is 0 Å². The second-order valence-electron chi connectivity index (χ2n) is 5.71. The molecule has 0 aliphatic heterocycles. The van der Waals surface area contributed by atoms with Gasteiger partial charge in [-0.25, -0.2) is 13.6 Å². The van der Waals surface area contributed by atoms with Crippen molar-refractivity contribution in [1.29, 1.82) is 0 Å². The molecule has 1 aromatic carbocycles. The van der Waals surface area contributed by atoms with E-state index in [0.29, 0.717) is 17.4 Å². The quantitative estimate of drug-likeness (QED) is 0.907. The molecule has 2 rings (SSSR count). The molecule has 112 valence electrons. The lowest BCUT2D eigenvalue weighted by molar-refractivity contribution is 0.170. The Kier molecular flexibility index (Phi) is 4.62. The normalized spacial score (nSPS) is 18.1. The van der Waals surface area contributed by atoms with Crippen LogP contribution < -0.4 is 9.88 Å². The van der Waals surface area contributed by atoms with Crippen molar-refractivity contribution in [2.24, 2.45) is 10.6 Å². The largest absolute Gasteiger partial charge is 0.493 e. The van der Waals surface area contributed by atoms with Gasteiger partial charge in [0, 0.05) is 10.4 Å². The summed E-state index contributed by atoms with van der Waals surface area (Å²) < 4.78 is 28.7. The van der Waals surface area contributed by atoms with E-state index in [-0.39, 0.29) is 11.2 Å². The average molecular weight is 318 g/mol. The minimum atomic E-state index is -3.49. The number of sulfonamides is 1. The molecule has 0 radical (unpaired) electrons. The molecule has 0 spiro atoms. The standard InChI is InChI=1S/C14H20ClNO3S/c1-11-4-5-12(15)8-13(11)19-9-14(6-2-3-7-14)10-20(16,17)18/h4-5,8H,2-3,6-7,9-10H2,1H3,(H2,16,17,18). The number of primary sulfonamides is 1. The van der Waals surface area contributed by atoms with Gasteiger partial charge in [0.15, 0.2) is 0 Å². The molecule has 4 nitrogen and oxygen atoms in total. The van der Waals surface area contributed by atoms with Crippen molar-refractivity contribution in [2.45, 2.75) is 32.6 Å². The highest BCUT2D eigenvalue weighted by Gasteiger charge is 2.38. The van der Waals surface area contributed by atoms with E-state index in [4.69, 9.17) is 21.5 Å². The van der Waals surface area contributed by atoms with Crippen molar-refractivity contribution in [2.75, 3.05) is 12.4 Å². The molecule has 0 saturated heterocycles. The fourth-order valence-electron chi connectivity index (χ4n) is 2.84. The Hall–Kier alpha value is -0.780. The number of hydrogen-bond acceptors (Lipinski definition) is 3. The summed E-state index contributed by atoms with van der Waals surface area (Å²) in [6.07, 6.45) is 3.72. The summed E-state index contributed by atoms with van der Waals surface area (Å²) in [6.45, 7) is 2.30. The van der Waals surface area contributed by atoms with Crippen molar-refractivity contribution in [3.05, 3.63) is 28.8 Å². The van der Waals surface area contributed by atoms with Crippen LogP contribution in [0.1, 0.15) is 31.2 Å². The molecule has 0 amide bonds. The van der Waals surface area contributed by atoms with Gasteiger partial charge in [0.05, 0.1) is 12.4 Å². The Bertz CT molecular complexity index is 580. The molecule has 1 fully saturated rings. The van der Waals surface area contributed by atoms with Crippen LogP contribution in [-0.4, -0.2) is 20.8 Å². The van der Waals surface area contributed by atoms with Crippen molar-refractivity contribution < 1.29 is 13.2 Å². The summed E-state index contributed by atoms with van der Waals surface area (Å²) >= 11 is 5.96. The zero-order chi connectivity index (χ0) is 14.8. The molecular weight excluding hydrogens is 298 g/mol. The van der Waals surface area contributed by atoms with Crippen molar-refractivity contribution in [3.8, 4) is 5.75 Å². The summed E-state index contributed by atoms with van der Waals surface area (Å²) in [7, 11) is -3.49. The topological polar surface area (TPSA) is 69.4 Å². The number of halogens is 1. The lowest BCUT2D eigenvalue weighted by atomic mass is 9.90. The maximum Gasteiger partial charge on any atom is 0.209 e. The third-order valence-electron chi connectivity index (χ3n) is 3.86. The van der Waals surface area contributed by atoms with E-state index < -0.39 is 10.0 Å². The first-order chi connectivity index (χ1) is 9.30. The smallest absolute Gasteiger partial charge is 0.209 e. The van der Waals surface area contributed by atoms with Gasteiger partial charge in [-0.2, -0.15) is 0 Å². The number of aryl methyl sites for hydroxylation is 1. The summed E-state index contributed by atoms with van der Waals surface area (Å²) in [5.74, 6) is 0.692. The van der Waals surface area contributed by atoms with E-state index in [1.807, 2.05) is 13.0 Å². The zero-order valence-electron chi connectivity index (χ0n) is 11.6. The van der Waals surface area contributed by atoms with E-state index >= 15 is 0 Å². The summed E-state index contributed by atoms with van der Waals surface area (Å²) in [4.78, 5) is 0. The van der Waals surface area contributed by atoms with Gasteiger partial charge in [0.1, 0.15) is 5.75 Å². The minimum Gasteiger partial charge on any atom is -0.493 e. The highest BCUT2D eigenvalue weighted by atomic mass is 35.5. The molecule has 2 N–H and O–H groups in total. The van der Waals surface area contributed by atoms with E-state index in [1.165, 1.54) is 0 Å². The van der Waals surface area contributed by atoms with Gasteiger partial charge >= 0.3 is 0 Å². The van der Waals surface area contributed by atoms with Crippen LogP contribution in [0.2, 0.25) is 5.02 Å². The van der Waals surface area contributed by atoms with Gasteiger partial charge in [-0.05, 0) is 37.5 Å². The molecule has 1 saturated carbocycles. The minimum absolute atomic E-state index is 0.0143. The van der Waals surface area contributed by atoms with Gasteiger partial charge in [-0.1, -0.05) is 30.5 Å². The van der Waals surface area contributed by atoms with Crippen LogP contribution in [0.5, 0.6) is 5.75 Å². The van der Waals surface area contributed by atoms with Gasteiger partial charge < -0.3 is 4.74 Å². The third-order valence-corrected chi connectivity index (χ3v) is 5.11. The fraction of sp³-hybridized carbons (Fsp3) is 0.571. The van der Waals surface area contributed by atoms with Gasteiger partial charge in [-0.3, -0.25) is 0 Å². The zero-order valence-corrected chi connectivity index (χ0v) is 13.1. The van der Waals surface area contributed by atoms with Crippen LogP contribution in [0, 0.1) is 12.3 Å². The molecule has 1 aliphatic carbocycles. The number of nitrogens with two attached hydrogens (primary N) is 1. The molecule has 0 bridgehead atoms. The summed E-state index contributed by atoms with van der Waals surface area (Å²) in [6, 6.07) is 5.45. The van der Waals surface area contributed by atoms with Crippen molar-refractivity contribution in [3.63, 3.8) is 0 Å². The van der Waals surface area contributed by atoms with Crippen LogP contribution >= 0.6 is 11.6 Å². The van der Waals surface area contributed by atoms with Gasteiger partial charge in [0.25, 0.3) is 0 Å². The van der Waals surface area contributed by atoms with Crippen LogP contribution in [0.25, 0.3) is 0 Å². The Balaban J connectivity index is 2.11. The van der Waals surface area contributed by atoms with Crippen LogP contribution in [0.15, 0.2) is 18.2 Å². The van der Waals surface area contributed by atoms with E-state index in [9.17, 15) is 8.42 Å². The van der Waals surface area contributed by atoms with Crippen LogP contribution in [-0.2, 0) is 10.0 Å². The molecular formula is C14H20ClNO3S. The van der Waals surface area contributed by atoms with Gasteiger partial charge in [0.2, 0.25) is 10.0 Å². The monoisotopic (exact) mass is 317 g/mol. The highest BCUT2D eigenvalue weighted by Crippen LogP contribution is 2.39. The number of ether oxygens (including phenoxy) is 1. The van der Waals surface area contributed by atoms with Crippen LogP contribution in [0.4, 0.5) is 0 Å². The predicted molar refractivity (Wildman–Crippen MR) is 80.6 cm³/mol. The molecule has 1 aliphatic rings. The highest BCUT2D eigenvalue weighted by molar-refractivity contribution is 7.89. The predicted octanol–water partition coefficient (Wildman–Crippen LogP) is 2.88. The van der Waals surface area contributed by atoms with E-state index in [1.54, 1.807) is 12.1 Å². The fourth-order valence-corrected chi connectivity index (χ4v) is 4.23. The Morgan fingerprint density at radius 1 is 1.35 bits per heavy atom. The second-order valence-corrected chi connectivity index (χ2v) is 7.76. The van der Waals surface area contributed by atoms with E-state index in [2.05, 4.69) is 0 Å². The van der Waals surface area contributed by atoms with Crippen molar-refractivity contribution >= 4 is 21.6 Å². The molecule has 1 aromatic rings. The molecule has 6 heteroatoms. The first kappa shape index (κ1) is 15.6. The SMILES string of the molecule is Cc1ccc(Cl)cc1OCC1(CS(N)(=O)=O)CCCC1. The number of benzene rings is 1. The molecule has 0 aromatic heterocycles. The Morgan fingerprint density at radius 2 is 2.00 bits per heavy atom. The Morgan fingerprint density at radius 3 is 2.60 bits per heavy atom. The van der Waals surface area contributed by atoms with Gasteiger partial charge in [-0.15, -0.1) is 0 Å². The Labute approximate surface area is 125 Å². The van der Waals surface area contributed by atoms with Crippen LogP contribution in [0.3, 0.4) is 0 Å².